The third kappa shape index (κ3) is 5.25. The third-order valence-electron chi connectivity index (χ3n) is 3.09. The van der Waals surface area contributed by atoms with E-state index in [1.807, 2.05) is 24.3 Å². The smallest absolute Gasteiger partial charge is 0.123 e. The van der Waals surface area contributed by atoms with Crippen molar-refractivity contribution in [1.29, 1.82) is 0 Å². The van der Waals surface area contributed by atoms with Gasteiger partial charge in [-0.05, 0) is 35.7 Å². The number of nitrogens with one attached hydrogen (secondary N) is 1. The quantitative estimate of drug-likeness (QED) is 0.781. The molecule has 4 nitrogen and oxygen atoms in total. The van der Waals surface area contributed by atoms with Gasteiger partial charge in [0, 0.05) is 13.2 Å². The van der Waals surface area contributed by atoms with Crippen LogP contribution < -0.4 is 5.32 Å². The number of hydrogen-bond donors (Lipinski definition) is 2. The van der Waals surface area contributed by atoms with E-state index in [-0.39, 0.29) is 11.8 Å². The molecule has 0 bridgehead atoms. The van der Waals surface area contributed by atoms with Crippen molar-refractivity contribution in [3.63, 3.8) is 0 Å². The zero-order chi connectivity index (χ0) is 15.1. The molecular formula is C17H23NO3. The fraction of sp³-hybridized carbons (Fsp3) is 0.412. The normalized spacial score (nSPS) is 12.7. The summed E-state index contributed by atoms with van der Waals surface area (Å²) in [5.41, 5.74) is 1.02. The van der Waals surface area contributed by atoms with Crippen LogP contribution in [0.5, 0.6) is 5.75 Å². The Labute approximate surface area is 125 Å². The van der Waals surface area contributed by atoms with Crippen molar-refractivity contribution in [2.45, 2.75) is 26.4 Å². The number of rotatable bonds is 8. The van der Waals surface area contributed by atoms with E-state index in [2.05, 4.69) is 19.2 Å². The Morgan fingerprint density at radius 1 is 1.19 bits per heavy atom. The van der Waals surface area contributed by atoms with Crippen molar-refractivity contribution in [3.8, 4) is 5.75 Å². The lowest BCUT2D eigenvalue weighted by Gasteiger charge is -2.18. The molecule has 0 aliphatic rings. The maximum atomic E-state index is 9.49. The number of hydrogen-bond acceptors (Lipinski definition) is 4. The highest BCUT2D eigenvalue weighted by molar-refractivity contribution is 5.27. The topological polar surface area (TPSA) is 54.6 Å². The number of aromatic hydroxyl groups is 1. The molecule has 1 heterocycles. The summed E-state index contributed by atoms with van der Waals surface area (Å²) in [6.07, 6.45) is 1.67. The summed E-state index contributed by atoms with van der Waals surface area (Å²) in [4.78, 5) is 0. The first kappa shape index (κ1) is 15.6. The van der Waals surface area contributed by atoms with Crippen LogP contribution in [0, 0.1) is 5.92 Å². The molecule has 0 amide bonds. The molecule has 0 fully saturated rings. The van der Waals surface area contributed by atoms with E-state index in [0.717, 1.165) is 17.9 Å². The lowest BCUT2D eigenvalue weighted by molar-refractivity contribution is 0.0844. The van der Waals surface area contributed by atoms with E-state index in [1.165, 1.54) is 0 Å². The maximum Gasteiger partial charge on any atom is 0.123 e. The maximum absolute atomic E-state index is 9.49. The fourth-order valence-electron chi connectivity index (χ4n) is 2.06. The standard InChI is InChI=1S/C17H23NO3/c1-13(2)11-20-12-16(17-7-4-8-21-17)18-10-14-5-3-6-15(19)9-14/h3-9,13,16,18-19H,10-12H2,1-2H3. The van der Waals surface area contributed by atoms with E-state index in [9.17, 15) is 5.11 Å². The molecule has 0 aliphatic heterocycles. The van der Waals surface area contributed by atoms with Gasteiger partial charge in [0.25, 0.3) is 0 Å². The van der Waals surface area contributed by atoms with Gasteiger partial charge in [-0.2, -0.15) is 0 Å². The molecule has 2 aromatic rings. The highest BCUT2D eigenvalue weighted by Gasteiger charge is 2.14. The monoisotopic (exact) mass is 289 g/mol. The Hall–Kier alpha value is -1.78. The van der Waals surface area contributed by atoms with E-state index in [1.54, 1.807) is 18.4 Å². The highest BCUT2D eigenvalue weighted by atomic mass is 16.5. The van der Waals surface area contributed by atoms with Gasteiger partial charge in [-0.1, -0.05) is 26.0 Å². The summed E-state index contributed by atoms with van der Waals surface area (Å²) in [7, 11) is 0. The molecule has 0 spiro atoms. The zero-order valence-corrected chi connectivity index (χ0v) is 12.6. The lowest BCUT2D eigenvalue weighted by Crippen LogP contribution is -2.25. The zero-order valence-electron chi connectivity index (χ0n) is 12.6. The molecule has 0 radical (unpaired) electrons. The predicted molar refractivity (Wildman–Crippen MR) is 82.1 cm³/mol. The van der Waals surface area contributed by atoms with E-state index >= 15 is 0 Å². The van der Waals surface area contributed by atoms with Gasteiger partial charge in [0.1, 0.15) is 11.5 Å². The Bertz CT molecular complexity index is 523. The molecule has 2 N–H and O–H groups in total. The Morgan fingerprint density at radius 2 is 2.05 bits per heavy atom. The molecule has 1 aromatic carbocycles. The molecule has 1 unspecified atom stereocenters. The molecule has 1 atom stereocenters. The molecule has 2 rings (SSSR count). The van der Waals surface area contributed by atoms with Gasteiger partial charge in [0.2, 0.25) is 0 Å². The number of furan rings is 1. The summed E-state index contributed by atoms with van der Waals surface area (Å²) >= 11 is 0. The first-order valence-corrected chi connectivity index (χ1v) is 7.27. The van der Waals surface area contributed by atoms with E-state index in [4.69, 9.17) is 9.15 Å². The van der Waals surface area contributed by atoms with Crippen molar-refractivity contribution in [2.24, 2.45) is 5.92 Å². The predicted octanol–water partition coefficient (Wildman–Crippen LogP) is 3.49. The fourth-order valence-corrected chi connectivity index (χ4v) is 2.06. The first-order valence-electron chi connectivity index (χ1n) is 7.27. The number of phenolic OH excluding ortho intramolecular Hbond substituents is 1. The summed E-state index contributed by atoms with van der Waals surface area (Å²) < 4.78 is 11.2. The molecule has 114 valence electrons. The van der Waals surface area contributed by atoms with Crippen LogP contribution in [0.4, 0.5) is 0 Å². The van der Waals surface area contributed by atoms with Crippen molar-refractivity contribution < 1.29 is 14.3 Å². The van der Waals surface area contributed by atoms with Crippen molar-refractivity contribution in [3.05, 3.63) is 54.0 Å². The second-order valence-electron chi connectivity index (χ2n) is 5.55. The van der Waals surface area contributed by atoms with Crippen LogP contribution in [0.2, 0.25) is 0 Å². The largest absolute Gasteiger partial charge is 0.508 e. The molecule has 21 heavy (non-hydrogen) atoms. The summed E-state index contributed by atoms with van der Waals surface area (Å²) in [6, 6.07) is 11.0. The van der Waals surface area contributed by atoms with Crippen LogP contribution in [0.1, 0.15) is 31.2 Å². The lowest BCUT2D eigenvalue weighted by atomic mass is 10.2. The van der Waals surface area contributed by atoms with Gasteiger partial charge >= 0.3 is 0 Å². The second kappa shape index (κ2) is 7.86. The van der Waals surface area contributed by atoms with Gasteiger partial charge in [0.15, 0.2) is 0 Å². The Kier molecular flexibility index (Phi) is 5.84. The second-order valence-corrected chi connectivity index (χ2v) is 5.55. The van der Waals surface area contributed by atoms with Crippen LogP contribution >= 0.6 is 0 Å². The number of ether oxygens (including phenoxy) is 1. The third-order valence-corrected chi connectivity index (χ3v) is 3.09. The van der Waals surface area contributed by atoms with Crippen molar-refractivity contribution in [2.75, 3.05) is 13.2 Å². The number of phenols is 1. The summed E-state index contributed by atoms with van der Waals surface area (Å²) in [5.74, 6) is 1.65. The van der Waals surface area contributed by atoms with Gasteiger partial charge in [-0.3, -0.25) is 0 Å². The molecule has 4 heteroatoms. The molecule has 0 saturated heterocycles. The SMILES string of the molecule is CC(C)COCC(NCc1cccc(O)c1)c1ccco1. The minimum Gasteiger partial charge on any atom is -0.508 e. The van der Waals surface area contributed by atoms with E-state index in [0.29, 0.717) is 19.1 Å². The van der Waals surface area contributed by atoms with Crippen LogP contribution in [-0.4, -0.2) is 18.3 Å². The molecule has 1 aromatic heterocycles. The van der Waals surface area contributed by atoms with Gasteiger partial charge < -0.3 is 19.6 Å². The first-order chi connectivity index (χ1) is 10.1. The van der Waals surface area contributed by atoms with Gasteiger partial charge in [-0.25, -0.2) is 0 Å². The minimum atomic E-state index is 0.00102. The molecular weight excluding hydrogens is 266 g/mol. The van der Waals surface area contributed by atoms with Crippen LogP contribution in [0.25, 0.3) is 0 Å². The van der Waals surface area contributed by atoms with Crippen molar-refractivity contribution in [1.82, 2.24) is 5.32 Å². The van der Waals surface area contributed by atoms with Gasteiger partial charge in [0.05, 0.1) is 18.9 Å². The van der Waals surface area contributed by atoms with E-state index < -0.39 is 0 Å². The average Bonchev–Trinajstić information content (AvgIpc) is 2.96. The molecule has 0 aliphatic carbocycles. The Balaban J connectivity index is 1.92. The summed E-state index contributed by atoms with van der Waals surface area (Å²) in [5, 5.41) is 12.9. The molecule has 0 saturated carbocycles. The highest BCUT2D eigenvalue weighted by Crippen LogP contribution is 2.17. The Morgan fingerprint density at radius 3 is 2.71 bits per heavy atom. The number of benzene rings is 1. The van der Waals surface area contributed by atoms with Crippen LogP contribution in [0.3, 0.4) is 0 Å². The summed E-state index contributed by atoms with van der Waals surface area (Å²) in [6.45, 7) is 6.18. The average molecular weight is 289 g/mol. The van der Waals surface area contributed by atoms with Crippen LogP contribution in [-0.2, 0) is 11.3 Å². The van der Waals surface area contributed by atoms with Gasteiger partial charge in [-0.15, -0.1) is 0 Å². The minimum absolute atomic E-state index is 0.00102. The van der Waals surface area contributed by atoms with Crippen molar-refractivity contribution >= 4 is 0 Å². The van der Waals surface area contributed by atoms with Crippen LogP contribution in [0.15, 0.2) is 47.1 Å².